The van der Waals surface area contributed by atoms with Gasteiger partial charge >= 0.3 is 5.97 Å². The highest BCUT2D eigenvalue weighted by atomic mass is 32.2. The Balaban J connectivity index is 1.78. The molecule has 8 nitrogen and oxygen atoms in total. The number of rotatable bonds is 5. The predicted octanol–water partition coefficient (Wildman–Crippen LogP) is 0.873. The third-order valence-corrected chi connectivity index (χ3v) is 4.18. The summed E-state index contributed by atoms with van der Waals surface area (Å²) in [6.07, 6.45) is 0. The van der Waals surface area contributed by atoms with E-state index >= 15 is 0 Å². The van der Waals surface area contributed by atoms with Crippen molar-refractivity contribution in [3.63, 3.8) is 0 Å². The van der Waals surface area contributed by atoms with Crippen LogP contribution in [0.4, 0.5) is 0 Å². The Labute approximate surface area is 130 Å². The van der Waals surface area contributed by atoms with E-state index in [4.69, 9.17) is 0 Å². The van der Waals surface area contributed by atoms with Crippen molar-refractivity contribution in [2.45, 2.75) is 11.7 Å². The summed E-state index contributed by atoms with van der Waals surface area (Å²) < 4.78 is 8.22. The lowest BCUT2D eigenvalue weighted by molar-refractivity contribution is -0.137. The Hall–Kier alpha value is -2.42. The molecule has 0 fully saturated rings. The number of benzene rings is 1. The number of carbonyl (C=O) groups excluding carboxylic acids is 1. The van der Waals surface area contributed by atoms with E-state index in [0.717, 1.165) is 16.9 Å². The number of esters is 1. The second-order valence-electron chi connectivity index (χ2n) is 4.56. The fourth-order valence-electron chi connectivity index (χ4n) is 1.96. The summed E-state index contributed by atoms with van der Waals surface area (Å²) >= 11 is 1.29. The van der Waals surface area contributed by atoms with Crippen LogP contribution < -0.4 is 0 Å². The van der Waals surface area contributed by atoms with Gasteiger partial charge in [0.25, 0.3) is 0 Å². The SMILES string of the molecule is COC(=O)CSc1nnc(Cn2nnc3ccccc32)n1C. The van der Waals surface area contributed by atoms with Crippen LogP contribution in [-0.4, -0.2) is 48.6 Å². The van der Waals surface area contributed by atoms with Gasteiger partial charge in [-0.15, -0.1) is 15.3 Å². The molecule has 3 aromatic rings. The number of hydrogen-bond donors (Lipinski definition) is 0. The normalized spacial score (nSPS) is 11.0. The average Bonchev–Trinajstić information content (AvgIpc) is 3.11. The van der Waals surface area contributed by atoms with Gasteiger partial charge in [0.1, 0.15) is 12.1 Å². The van der Waals surface area contributed by atoms with Gasteiger partial charge in [0.05, 0.1) is 18.4 Å². The molecule has 0 N–H and O–H groups in total. The molecule has 22 heavy (non-hydrogen) atoms. The highest BCUT2D eigenvalue weighted by Crippen LogP contribution is 2.17. The number of fused-ring (bicyclic) bond motifs is 1. The average molecular weight is 318 g/mol. The molecule has 3 rings (SSSR count). The molecule has 0 aliphatic carbocycles. The maximum atomic E-state index is 11.2. The number of methoxy groups -OCH3 is 1. The number of ether oxygens (including phenoxy) is 1. The van der Waals surface area contributed by atoms with Crippen molar-refractivity contribution in [1.29, 1.82) is 0 Å². The first-order valence-electron chi connectivity index (χ1n) is 6.55. The molecule has 0 aliphatic heterocycles. The van der Waals surface area contributed by atoms with E-state index in [1.807, 2.05) is 35.9 Å². The number of thioether (sulfide) groups is 1. The number of para-hydroxylation sites is 1. The molecule has 2 aromatic heterocycles. The summed E-state index contributed by atoms with van der Waals surface area (Å²) in [7, 11) is 3.22. The number of aromatic nitrogens is 6. The van der Waals surface area contributed by atoms with Crippen molar-refractivity contribution >= 4 is 28.8 Å². The van der Waals surface area contributed by atoms with Crippen LogP contribution in [0.15, 0.2) is 29.4 Å². The van der Waals surface area contributed by atoms with Crippen molar-refractivity contribution in [3.05, 3.63) is 30.1 Å². The summed E-state index contributed by atoms with van der Waals surface area (Å²) in [5, 5.41) is 17.1. The lowest BCUT2D eigenvalue weighted by Crippen LogP contribution is -2.09. The zero-order valence-corrected chi connectivity index (χ0v) is 12.9. The minimum absolute atomic E-state index is 0.203. The van der Waals surface area contributed by atoms with Crippen LogP contribution in [0.25, 0.3) is 11.0 Å². The van der Waals surface area contributed by atoms with E-state index in [-0.39, 0.29) is 11.7 Å². The van der Waals surface area contributed by atoms with Crippen LogP contribution in [0.5, 0.6) is 0 Å². The third-order valence-electron chi connectivity index (χ3n) is 3.18. The Morgan fingerprint density at radius 3 is 2.91 bits per heavy atom. The molecule has 0 atom stereocenters. The highest BCUT2D eigenvalue weighted by Gasteiger charge is 2.13. The molecule has 0 bridgehead atoms. The summed E-state index contributed by atoms with van der Waals surface area (Å²) in [4.78, 5) is 11.2. The maximum Gasteiger partial charge on any atom is 0.316 e. The first kappa shape index (κ1) is 14.5. The van der Waals surface area contributed by atoms with Gasteiger partial charge in [0.2, 0.25) is 0 Å². The summed E-state index contributed by atoms with van der Waals surface area (Å²) in [6.45, 7) is 0.461. The Kier molecular flexibility index (Phi) is 4.05. The summed E-state index contributed by atoms with van der Waals surface area (Å²) in [6, 6.07) is 7.73. The summed E-state index contributed by atoms with van der Waals surface area (Å²) in [5.74, 6) is 0.647. The van der Waals surface area contributed by atoms with Gasteiger partial charge in [-0.1, -0.05) is 29.1 Å². The van der Waals surface area contributed by atoms with Crippen LogP contribution in [0.1, 0.15) is 5.82 Å². The Morgan fingerprint density at radius 1 is 1.27 bits per heavy atom. The molecule has 2 heterocycles. The second kappa shape index (κ2) is 6.14. The van der Waals surface area contributed by atoms with Crippen LogP contribution in [0.3, 0.4) is 0 Å². The molecular formula is C13H14N6O2S. The zero-order chi connectivity index (χ0) is 15.5. The van der Waals surface area contributed by atoms with Crippen molar-refractivity contribution in [2.24, 2.45) is 7.05 Å². The Morgan fingerprint density at radius 2 is 2.09 bits per heavy atom. The lowest BCUT2D eigenvalue weighted by Gasteiger charge is -2.04. The molecule has 0 spiro atoms. The van der Waals surface area contributed by atoms with Crippen LogP contribution >= 0.6 is 11.8 Å². The minimum Gasteiger partial charge on any atom is -0.468 e. The molecule has 0 saturated heterocycles. The molecule has 114 valence electrons. The lowest BCUT2D eigenvalue weighted by atomic mass is 10.3. The molecule has 0 saturated carbocycles. The van der Waals surface area contributed by atoms with Crippen molar-refractivity contribution in [1.82, 2.24) is 29.8 Å². The first-order valence-corrected chi connectivity index (χ1v) is 7.53. The van der Waals surface area contributed by atoms with Gasteiger partial charge in [-0.2, -0.15) is 0 Å². The number of nitrogens with zero attached hydrogens (tertiary/aromatic N) is 6. The van der Waals surface area contributed by atoms with Crippen LogP contribution in [0.2, 0.25) is 0 Å². The van der Waals surface area contributed by atoms with Gasteiger partial charge in [-0.05, 0) is 12.1 Å². The van der Waals surface area contributed by atoms with Crippen molar-refractivity contribution in [2.75, 3.05) is 12.9 Å². The molecule has 0 aliphatic rings. The second-order valence-corrected chi connectivity index (χ2v) is 5.50. The van der Waals surface area contributed by atoms with E-state index in [1.54, 1.807) is 4.68 Å². The number of carbonyl (C=O) groups is 1. The molecule has 0 unspecified atom stereocenters. The molecule has 0 radical (unpaired) electrons. The first-order chi connectivity index (χ1) is 10.7. The fourth-order valence-corrected chi connectivity index (χ4v) is 2.72. The van der Waals surface area contributed by atoms with Gasteiger partial charge in [-0.3, -0.25) is 4.79 Å². The fraction of sp³-hybridized carbons (Fsp3) is 0.308. The quantitative estimate of drug-likeness (QED) is 0.509. The monoisotopic (exact) mass is 318 g/mol. The van der Waals surface area contributed by atoms with Crippen molar-refractivity contribution < 1.29 is 9.53 Å². The van der Waals surface area contributed by atoms with Gasteiger partial charge < -0.3 is 9.30 Å². The van der Waals surface area contributed by atoms with E-state index in [1.165, 1.54) is 18.9 Å². The molecular weight excluding hydrogens is 304 g/mol. The highest BCUT2D eigenvalue weighted by molar-refractivity contribution is 7.99. The molecule has 1 aromatic carbocycles. The zero-order valence-electron chi connectivity index (χ0n) is 12.1. The molecule has 0 amide bonds. The number of hydrogen-bond acceptors (Lipinski definition) is 7. The standard InChI is InChI=1S/C13H14N6O2S/c1-18-11(15-16-13(18)22-8-12(20)21-2)7-19-10-6-4-3-5-9(10)14-17-19/h3-6H,7-8H2,1-2H3. The minimum atomic E-state index is -0.295. The topological polar surface area (TPSA) is 87.7 Å². The van der Waals surface area contributed by atoms with Crippen LogP contribution in [-0.2, 0) is 23.1 Å². The van der Waals surface area contributed by atoms with Gasteiger partial charge in [0, 0.05) is 7.05 Å². The van der Waals surface area contributed by atoms with E-state index in [9.17, 15) is 4.79 Å². The maximum absolute atomic E-state index is 11.2. The Bertz CT molecular complexity index is 812. The smallest absolute Gasteiger partial charge is 0.316 e. The van der Waals surface area contributed by atoms with Crippen LogP contribution in [0, 0.1) is 0 Å². The van der Waals surface area contributed by atoms with Gasteiger partial charge in [-0.25, -0.2) is 4.68 Å². The van der Waals surface area contributed by atoms with Gasteiger partial charge in [0.15, 0.2) is 11.0 Å². The largest absolute Gasteiger partial charge is 0.468 e. The van der Waals surface area contributed by atoms with E-state index < -0.39 is 0 Å². The van der Waals surface area contributed by atoms with Crippen molar-refractivity contribution in [3.8, 4) is 0 Å². The predicted molar refractivity (Wildman–Crippen MR) is 80.4 cm³/mol. The van der Waals surface area contributed by atoms with E-state index in [2.05, 4.69) is 25.2 Å². The molecule has 9 heteroatoms. The third kappa shape index (κ3) is 2.80. The van der Waals surface area contributed by atoms with E-state index in [0.29, 0.717) is 11.7 Å². The summed E-state index contributed by atoms with van der Waals surface area (Å²) in [5.41, 5.74) is 1.78.